The van der Waals surface area contributed by atoms with E-state index in [-0.39, 0.29) is 24.3 Å². The summed E-state index contributed by atoms with van der Waals surface area (Å²) in [6.07, 6.45) is 4.22. The van der Waals surface area contributed by atoms with Crippen molar-refractivity contribution in [3.63, 3.8) is 0 Å². The molecule has 3 heterocycles. The summed E-state index contributed by atoms with van der Waals surface area (Å²) in [5.41, 5.74) is 7.16. The third kappa shape index (κ3) is 4.97. The minimum Gasteiger partial charge on any atom is -0.464 e. The zero-order chi connectivity index (χ0) is 24.5. The number of carbonyl (C=O) groups is 2. The van der Waals surface area contributed by atoms with Crippen molar-refractivity contribution in [3.05, 3.63) is 81.8 Å². The van der Waals surface area contributed by atoms with Gasteiger partial charge >= 0.3 is 0 Å². The van der Waals surface area contributed by atoms with Gasteiger partial charge in [0.15, 0.2) is 0 Å². The molecule has 1 fully saturated rings. The van der Waals surface area contributed by atoms with Gasteiger partial charge in [-0.15, -0.1) is 0 Å². The lowest BCUT2D eigenvalue weighted by Crippen LogP contribution is -2.34. The highest BCUT2D eigenvalue weighted by atomic mass is 16.3. The first-order valence-electron chi connectivity index (χ1n) is 12.5. The average Bonchev–Trinajstić information content (AvgIpc) is 3.43. The molecule has 1 unspecified atom stereocenters. The molecular weight excluding hydrogens is 438 g/mol. The standard InChI is InChI=1S/C29H33N3O3/c1-18-7-9-23(24(13-18)32-11-5-4-6-12-32)29(25-10-8-20(3)35-25)31-26(33)16-21-14-19(2)28-22(15-21)17-27(34)30-28/h7-10,13-15,29H,4-6,11-12,16-17H2,1-3H3,(H,30,34)(H,31,33). The van der Waals surface area contributed by atoms with Gasteiger partial charge in [-0.05, 0) is 80.5 Å². The summed E-state index contributed by atoms with van der Waals surface area (Å²) in [6, 6.07) is 13.9. The van der Waals surface area contributed by atoms with Crippen molar-refractivity contribution in [2.45, 2.75) is 58.9 Å². The normalized spacial score (nSPS) is 16.1. The molecule has 0 bridgehead atoms. The van der Waals surface area contributed by atoms with Crippen molar-refractivity contribution in [2.75, 3.05) is 23.3 Å². The first-order valence-corrected chi connectivity index (χ1v) is 12.5. The second kappa shape index (κ2) is 9.61. The number of fused-ring (bicyclic) bond motifs is 1. The van der Waals surface area contributed by atoms with Gasteiger partial charge in [-0.2, -0.15) is 0 Å². The molecule has 35 heavy (non-hydrogen) atoms. The quantitative estimate of drug-likeness (QED) is 0.522. The summed E-state index contributed by atoms with van der Waals surface area (Å²) in [4.78, 5) is 27.6. The van der Waals surface area contributed by atoms with E-state index in [2.05, 4.69) is 40.7 Å². The van der Waals surface area contributed by atoms with Gasteiger partial charge in [-0.25, -0.2) is 0 Å². The molecule has 0 saturated carbocycles. The Balaban J connectivity index is 1.44. The van der Waals surface area contributed by atoms with Gasteiger partial charge in [0.2, 0.25) is 11.8 Å². The lowest BCUT2D eigenvalue weighted by molar-refractivity contribution is -0.121. The molecule has 6 nitrogen and oxygen atoms in total. The molecule has 1 atom stereocenters. The number of benzene rings is 2. The molecule has 2 N–H and O–H groups in total. The molecule has 0 aliphatic carbocycles. The van der Waals surface area contributed by atoms with Gasteiger partial charge in [0.05, 0.1) is 12.8 Å². The lowest BCUT2D eigenvalue weighted by atomic mass is 9.97. The van der Waals surface area contributed by atoms with E-state index in [1.54, 1.807) is 0 Å². The molecule has 2 aliphatic rings. The van der Waals surface area contributed by atoms with Crippen molar-refractivity contribution < 1.29 is 14.0 Å². The Kier molecular flexibility index (Phi) is 6.37. The van der Waals surface area contributed by atoms with E-state index >= 15 is 0 Å². The summed E-state index contributed by atoms with van der Waals surface area (Å²) >= 11 is 0. The fourth-order valence-electron chi connectivity index (χ4n) is 5.33. The first-order chi connectivity index (χ1) is 16.9. The number of hydrogen-bond donors (Lipinski definition) is 2. The van der Waals surface area contributed by atoms with Gasteiger partial charge in [-0.3, -0.25) is 9.59 Å². The Morgan fingerprint density at radius 3 is 2.60 bits per heavy atom. The second-order valence-electron chi connectivity index (χ2n) is 9.91. The zero-order valence-electron chi connectivity index (χ0n) is 20.7. The predicted octanol–water partition coefficient (Wildman–Crippen LogP) is 5.14. The second-order valence-corrected chi connectivity index (χ2v) is 9.91. The van der Waals surface area contributed by atoms with Crippen LogP contribution in [0, 0.1) is 20.8 Å². The average molecular weight is 472 g/mol. The van der Waals surface area contributed by atoms with Crippen LogP contribution in [0.15, 0.2) is 46.9 Å². The van der Waals surface area contributed by atoms with E-state index in [9.17, 15) is 9.59 Å². The first kappa shape index (κ1) is 23.2. The Bertz CT molecular complexity index is 1270. The largest absolute Gasteiger partial charge is 0.464 e. The van der Waals surface area contributed by atoms with Crippen LogP contribution in [0.2, 0.25) is 0 Å². The summed E-state index contributed by atoms with van der Waals surface area (Å²) in [5.74, 6) is 1.48. The monoisotopic (exact) mass is 471 g/mol. The molecule has 1 aromatic heterocycles. The number of piperidine rings is 1. The smallest absolute Gasteiger partial charge is 0.228 e. The van der Waals surface area contributed by atoms with Crippen LogP contribution in [0.1, 0.15) is 64.6 Å². The third-order valence-corrected chi connectivity index (χ3v) is 7.00. The van der Waals surface area contributed by atoms with Crippen LogP contribution < -0.4 is 15.5 Å². The number of aryl methyl sites for hydroxylation is 3. The Hall–Kier alpha value is -3.54. The number of nitrogens with one attached hydrogen (secondary N) is 2. The van der Waals surface area contributed by atoms with E-state index in [0.717, 1.165) is 52.6 Å². The fraction of sp³-hybridized carbons (Fsp3) is 0.379. The molecule has 0 spiro atoms. The van der Waals surface area contributed by atoms with Crippen molar-refractivity contribution in [3.8, 4) is 0 Å². The number of rotatable bonds is 6. The molecule has 3 aromatic rings. The van der Waals surface area contributed by atoms with Crippen LogP contribution >= 0.6 is 0 Å². The summed E-state index contributed by atoms with van der Waals surface area (Å²) < 4.78 is 6.04. The van der Waals surface area contributed by atoms with Crippen LogP contribution in [0.4, 0.5) is 11.4 Å². The Morgan fingerprint density at radius 1 is 1.06 bits per heavy atom. The third-order valence-electron chi connectivity index (χ3n) is 7.00. The van der Waals surface area contributed by atoms with Crippen LogP contribution in [0.5, 0.6) is 0 Å². The summed E-state index contributed by atoms with van der Waals surface area (Å²) in [5, 5.41) is 6.17. The summed E-state index contributed by atoms with van der Waals surface area (Å²) in [6.45, 7) is 8.05. The molecule has 2 aliphatic heterocycles. The number of furan rings is 1. The van der Waals surface area contributed by atoms with Crippen molar-refractivity contribution in [1.29, 1.82) is 0 Å². The van der Waals surface area contributed by atoms with Crippen LogP contribution in [-0.4, -0.2) is 24.9 Å². The van der Waals surface area contributed by atoms with Crippen LogP contribution in [-0.2, 0) is 22.4 Å². The van der Waals surface area contributed by atoms with E-state index in [1.165, 1.54) is 30.5 Å². The highest BCUT2D eigenvalue weighted by Crippen LogP contribution is 2.34. The highest BCUT2D eigenvalue weighted by molar-refractivity contribution is 6.00. The summed E-state index contributed by atoms with van der Waals surface area (Å²) in [7, 11) is 0. The van der Waals surface area contributed by atoms with Gasteiger partial charge in [0, 0.05) is 30.0 Å². The molecule has 182 valence electrons. The maximum Gasteiger partial charge on any atom is 0.228 e. The highest BCUT2D eigenvalue weighted by Gasteiger charge is 2.26. The minimum atomic E-state index is -0.382. The Labute approximate surface area is 206 Å². The van der Waals surface area contributed by atoms with E-state index in [0.29, 0.717) is 6.42 Å². The maximum absolute atomic E-state index is 13.4. The number of nitrogens with zero attached hydrogens (tertiary/aromatic N) is 1. The van der Waals surface area contributed by atoms with E-state index in [4.69, 9.17) is 4.42 Å². The van der Waals surface area contributed by atoms with E-state index < -0.39 is 0 Å². The van der Waals surface area contributed by atoms with Gasteiger partial charge in [0.1, 0.15) is 17.6 Å². The molecule has 2 amide bonds. The van der Waals surface area contributed by atoms with E-state index in [1.807, 2.05) is 38.1 Å². The minimum absolute atomic E-state index is 0.00238. The maximum atomic E-state index is 13.4. The molecule has 0 radical (unpaired) electrons. The Morgan fingerprint density at radius 2 is 1.86 bits per heavy atom. The fourth-order valence-corrected chi connectivity index (χ4v) is 5.33. The van der Waals surface area contributed by atoms with Crippen molar-refractivity contribution >= 4 is 23.2 Å². The van der Waals surface area contributed by atoms with Crippen LogP contribution in [0.25, 0.3) is 0 Å². The number of anilines is 2. The van der Waals surface area contributed by atoms with Gasteiger partial charge in [-0.1, -0.05) is 24.3 Å². The topological polar surface area (TPSA) is 74.6 Å². The van der Waals surface area contributed by atoms with Gasteiger partial charge in [0.25, 0.3) is 0 Å². The number of hydrogen-bond acceptors (Lipinski definition) is 4. The number of carbonyl (C=O) groups excluding carboxylic acids is 2. The SMILES string of the molecule is Cc1ccc(C(NC(=O)Cc2cc(C)c3c(c2)CC(=O)N3)c2ccc(C)o2)c(N2CCCCC2)c1. The van der Waals surface area contributed by atoms with Crippen molar-refractivity contribution in [1.82, 2.24) is 5.32 Å². The molecule has 2 aromatic carbocycles. The van der Waals surface area contributed by atoms with Crippen LogP contribution in [0.3, 0.4) is 0 Å². The zero-order valence-corrected chi connectivity index (χ0v) is 20.7. The lowest BCUT2D eigenvalue weighted by Gasteiger charge is -2.32. The molecule has 5 rings (SSSR count). The number of amides is 2. The van der Waals surface area contributed by atoms with Gasteiger partial charge < -0.3 is 20.0 Å². The molecular formula is C29H33N3O3. The van der Waals surface area contributed by atoms with Crippen molar-refractivity contribution in [2.24, 2.45) is 0 Å². The predicted molar refractivity (Wildman–Crippen MR) is 138 cm³/mol. The molecule has 1 saturated heterocycles. The molecule has 6 heteroatoms.